The second-order valence-electron chi connectivity index (χ2n) is 10.3. The molecule has 0 fully saturated rings. The number of aliphatic imine (C=N–C) groups is 2. The predicted molar refractivity (Wildman–Crippen MR) is 138 cm³/mol. The van der Waals surface area contributed by atoms with Gasteiger partial charge in [-0.15, -0.1) is 0 Å². The van der Waals surface area contributed by atoms with Gasteiger partial charge in [0.25, 0.3) is 0 Å². The van der Waals surface area contributed by atoms with Crippen molar-refractivity contribution in [3.63, 3.8) is 0 Å². The lowest BCUT2D eigenvalue weighted by atomic mass is 9.78. The molecule has 0 unspecified atom stereocenters. The summed E-state index contributed by atoms with van der Waals surface area (Å²) in [6, 6.07) is 29.4. The second-order valence-corrected chi connectivity index (χ2v) is 10.3. The van der Waals surface area contributed by atoms with E-state index >= 15 is 0 Å². The molecule has 4 nitrogen and oxygen atoms in total. The highest BCUT2D eigenvalue weighted by atomic mass is 16.5. The summed E-state index contributed by atoms with van der Waals surface area (Å²) in [6.07, 6.45) is 0. The summed E-state index contributed by atoms with van der Waals surface area (Å²) in [5, 5.41) is 0. The molecular weight excluding hydrogens is 420 g/mol. The highest BCUT2D eigenvalue weighted by molar-refractivity contribution is 6.00. The van der Waals surface area contributed by atoms with E-state index < -0.39 is 0 Å². The molecule has 0 radical (unpaired) electrons. The summed E-state index contributed by atoms with van der Waals surface area (Å²) in [4.78, 5) is 9.96. The number of ether oxygens (including phenoxy) is 2. The van der Waals surface area contributed by atoms with Crippen molar-refractivity contribution in [2.45, 2.75) is 50.6 Å². The average molecular weight is 453 g/mol. The third-order valence-electron chi connectivity index (χ3n) is 7.36. The fraction of sp³-hybridized carbons (Fsp3) is 0.333. The molecular formula is C30H32N2O2. The van der Waals surface area contributed by atoms with Crippen molar-refractivity contribution < 1.29 is 9.47 Å². The maximum atomic E-state index is 6.08. The van der Waals surface area contributed by atoms with Gasteiger partial charge in [0.1, 0.15) is 13.2 Å². The molecule has 0 saturated carbocycles. The maximum absolute atomic E-state index is 6.08. The summed E-state index contributed by atoms with van der Waals surface area (Å²) in [5.41, 5.74) is 4.22. The van der Waals surface area contributed by atoms with Crippen LogP contribution >= 0.6 is 0 Å². The molecule has 0 amide bonds. The van der Waals surface area contributed by atoms with Crippen LogP contribution in [0.3, 0.4) is 0 Å². The van der Waals surface area contributed by atoms with Crippen molar-refractivity contribution in [1.29, 1.82) is 0 Å². The van der Waals surface area contributed by atoms with Crippen molar-refractivity contribution in [3.05, 3.63) is 107 Å². The van der Waals surface area contributed by atoms with Gasteiger partial charge in [0.2, 0.25) is 11.8 Å². The van der Waals surface area contributed by atoms with Crippen molar-refractivity contribution in [2.24, 2.45) is 9.98 Å². The summed E-state index contributed by atoms with van der Waals surface area (Å²) in [5.74, 6) is 1.38. The van der Waals surface area contributed by atoms with Gasteiger partial charge >= 0.3 is 0 Å². The van der Waals surface area contributed by atoms with Gasteiger partial charge in [0.15, 0.2) is 0 Å². The zero-order valence-electron chi connectivity index (χ0n) is 20.4. The van der Waals surface area contributed by atoms with E-state index in [1.165, 1.54) is 11.1 Å². The molecule has 3 aromatic rings. The largest absolute Gasteiger partial charge is 0.475 e. The molecule has 0 aliphatic carbocycles. The van der Waals surface area contributed by atoms with E-state index in [2.05, 4.69) is 82.3 Å². The van der Waals surface area contributed by atoms with Crippen LogP contribution in [0.5, 0.6) is 0 Å². The Morgan fingerprint density at radius 3 is 1.41 bits per heavy atom. The first kappa shape index (κ1) is 22.4. The lowest BCUT2D eigenvalue weighted by Gasteiger charge is -2.28. The Kier molecular flexibility index (Phi) is 5.76. The number of rotatable bonds is 6. The topological polar surface area (TPSA) is 43.2 Å². The minimum Gasteiger partial charge on any atom is -0.475 e. The van der Waals surface area contributed by atoms with Gasteiger partial charge in [-0.1, -0.05) is 94.4 Å². The molecule has 2 heterocycles. The smallest absolute Gasteiger partial charge is 0.216 e. The predicted octanol–water partition coefficient (Wildman–Crippen LogP) is 5.93. The third-order valence-corrected chi connectivity index (χ3v) is 7.36. The van der Waals surface area contributed by atoms with Crippen LogP contribution in [0.4, 0.5) is 0 Å². The molecule has 0 N–H and O–H groups in total. The molecule has 2 atom stereocenters. The maximum Gasteiger partial charge on any atom is 0.216 e. The third kappa shape index (κ3) is 4.13. The first-order valence-electron chi connectivity index (χ1n) is 12.0. The van der Waals surface area contributed by atoms with Gasteiger partial charge in [-0.25, -0.2) is 9.98 Å². The first-order chi connectivity index (χ1) is 16.4. The Labute approximate surface area is 202 Å². The standard InChI is InChI=1S/C30H32N2O2/c1-29(2,23-14-7-5-8-15-23)25-19-33-27(31-25)21-12-11-13-22(18-21)28-32-26(20-34-28)30(3,4)24-16-9-6-10-17-24/h5-18,25-26H,19-20H2,1-4H3/t25-,26-/m1/s1. The first-order valence-corrected chi connectivity index (χ1v) is 12.0. The van der Waals surface area contributed by atoms with Crippen LogP contribution in [0.25, 0.3) is 0 Å². The van der Waals surface area contributed by atoms with E-state index in [-0.39, 0.29) is 22.9 Å². The van der Waals surface area contributed by atoms with E-state index in [0.29, 0.717) is 25.0 Å². The summed E-state index contributed by atoms with van der Waals surface area (Å²) < 4.78 is 12.2. The Hall–Kier alpha value is -3.40. The molecule has 4 heteroatoms. The lowest BCUT2D eigenvalue weighted by Crippen LogP contribution is -2.33. The zero-order valence-corrected chi connectivity index (χ0v) is 20.4. The molecule has 2 aliphatic heterocycles. The van der Waals surface area contributed by atoms with Crippen LogP contribution in [0.1, 0.15) is 49.9 Å². The summed E-state index contributed by atoms with van der Waals surface area (Å²) >= 11 is 0. The summed E-state index contributed by atoms with van der Waals surface area (Å²) in [7, 11) is 0. The quantitative estimate of drug-likeness (QED) is 0.465. The van der Waals surface area contributed by atoms with Crippen molar-refractivity contribution in [3.8, 4) is 0 Å². The molecule has 5 rings (SSSR count). The van der Waals surface area contributed by atoms with E-state index in [1.54, 1.807) is 0 Å². The SMILES string of the molecule is CC(C)(c1ccccc1)[C@H]1COC(c2cccc(C3=N[C@@H](C(C)(C)c4ccccc4)CO3)c2)=N1. The number of hydrogen-bond donors (Lipinski definition) is 0. The molecule has 34 heavy (non-hydrogen) atoms. The number of benzene rings is 3. The second kappa shape index (κ2) is 8.75. The van der Waals surface area contributed by atoms with E-state index in [1.807, 2.05) is 30.3 Å². The number of hydrogen-bond acceptors (Lipinski definition) is 4. The van der Waals surface area contributed by atoms with Gasteiger partial charge in [-0.05, 0) is 29.3 Å². The molecule has 3 aromatic carbocycles. The van der Waals surface area contributed by atoms with Gasteiger partial charge in [0.05, 0.1) is 12.1 Å². The Balaban J connectivity index is 1.37. The highest BCUT2D eigenvalue weighted by Gasteiger charge is 2.37. The van der Waals surface area contributed by atoms with Crippen LogP contribution < -0.4 is 0 Å². The van der Waals surface area contributed by atoms with Crippen LogP contribution in [0.15, 0.2) is 94.9 Å². The molecule has 0 aromatic heterocycles. The van der Waals surface area contributed by atoms with E-state index in [0.717, 1.165) is 11.1 Å². The van der Waals surface area contributed by atoms with Gasteiger partial charge in [-0.2, -0.15) is 0 Å². The molecule has 0 saturated heterocycles. The zero-order chi connectivity index (χ0) is 23.8. The van der Waals surface area contributed by atoms with E-state index in [4.69, 9.17) is 19.5 Å². The normalized spacial score (nSPS) is 20.4. The molecule has 0 spiro atoms. The fourth-order valence-corrected chi connectivity index (χ4v) is 4.71. The molecule has 174 valence electrons. The van der Waals surface area contributed by atoms with Crippen LogP contribution in [0.2, 0.25) is 0 Å². The average Bonchev–Trinajstić information content (AvgIpc) is 3.57. The van der Waals surface area contributed by atoms with Crippen molar-refractivity contribution >= 4 is 11.8 Å². The van der Waals surface area contributed by atoms with Gasteiger partial charge in [-0.3, -0.25) is 0 Å². The minimum atomic E-state index is -0.116. The van der Waals surface area contributed by atoms with Gasteiger partial charge in [0, 0.05) is 22.0 Å². The van der Waals surface area contributed by atoms with Crippen molar-refractivity contribution in [1.82, 2.24) is 0 Å². The van der Waals surface area contributed by atoms with Crippen LogP contribution in [-0.4, -0.2) is 37.1 Å². The fourth-order valence-electron chi connectivity index (χ4n) is 4.71. The van der Waals surface area contributed by atoms with Crippen LogP contribution in [0, 0.1) is 0 Å². The van der Waals surface area contributed by atoms with Crippen molar-refractivity contribution in [2.75, 3.05) is 13.2 Å². The Morgan fingerprint density at radius 1 is 0.588 bits per heavy atom. The highest BCUT2D eigenvalue weighted by Crippen LogP contribution is 2.34. The van der Waals surface area contributed by atoms with Gasteiger partial charge < -0.3 is 9.47 Å². The van der Waals surface area contributed by atoms with Crippen LogP contribution in [-0.2, 0) is 20.3 Å². The van der Waals surface area contributed by atoms with E-state index in [9.17, 15) is 0 Å². The number of nitrogens with zero attached hydrogens (tertiary/aromatic N) is 2. The lowest BCUT2D eigenvalue weighted by molar-refractivity contribution is 0.271. The molecule has 0 bridgehead atoms. The Bertz CT molecular complexity index is 1120. The minimum absolute atomic E-state index is 0.0599. The monoisotopic (exact) mass is 452 g/mol. The molecule has 2 aliphatic rings. The Morgan fingerprint density at radius 2 is 1.00 bits per heavy atom. The summed E-state index contributed by atoms with van der Waals surface area (Å²) in [6.45, 7) is 10.1.